The van der Waals surface area contributed by atoms with Crippen LogP contribution in [0.2, 0.25) is 0 Å². The van der Waals surface area contributed by atoms with Crippen molar-refractivity contribution in [1.29, 1.82) is 0 Å². The molecule has 63 heavy (non-hydrogen) atoms. The molecule has 1 atom stereocenters. The van der Waals surface area contributed by atoms with Gasteiger partial charge in [0.25, 0.3) is 0 Å². The number of carbonyl (C=O) groups excluding carboxylic acids is 3. The lowest BCUT2D eigenvalue weighted by molar-refractivity contribution is -0.167. The Kier molecular flexibility index (Phi) is 45.3. The van der Waals surface area contributed by atoms with Gasteiger partial charge in [0.05, 0.1) is 0 Å². The predicted octanol–water partition coefficient (Wildman–Crippen LogP) is 15.6. The summed E-state index contributed by atoms with van der Waals surface area (Å²) in [5.41, 5.74) is 0. The molecular formula is C57H82O6. The molecule has 0 saturated heterocycles. The van der Waals surface area contributed by atoms with Crippen molar-refractivity contribution in [3.63, 3.8) is 0 Å². The summed E-state index contributed by atoms with van der Waals surface area (Å²) in [6.07, 6.45) is 73.5. The molecule has 6 heteroatoms. The lowest BCUT2D eigenvalue weighted by Gasteiger charge is -2.18. The summed E-state index contributed by atoms with van der Waals surface area (Å²) in [6, 6.07) is 0. The van der Waals surface area contributed by atoms with E-state index in [1.807, 2.05) is 109 Å². The molecule has 0 bridgehead atoms. The topological polar surface area (TPSA) is 78.9 Å². The molecular weight excluding hydrogens is 781 g/mol. The first-order valence-corrected chi connectivity index (χ1v) is 23.8. The quantitative estimate of drug-likeness (QED) is 0.0201. The molecule has 0 N–H and O–H groups in total. The van der Waals surface area contributed by atoms with Crippen LogP contribution in [0.25, 0.3) is 0 Å². The Hall–Kier alpha value is -5.23. The lowest BCUT2D eigenvalue weighted by Crippen LogP contribution is -2.30. The summed E-state index contributed by atoms with van der Waals surface area (Å²) in [5.74, 6) is -1.13. The van der Waals surface area contributed by atoms with Gasteiger partial charge >= 0.3 is 17.9 Å². The zero-order valence-corrected chi connectivity index (χ0v) is 39.2. The molecule has 346 valence electrons. The van der Waals surface area contributed by atoms with Crippen LogP contribution in [0.5, 0.6) is 0 Å². The maximum atomic E-state index is 12.7. The van der Waals surface area contributed by atoms with Crippen molar-refractivity contribution in [2.45, 2.75) is 155 Å². The Bertz CT molecular complexity index is 1550. The minimum absolute atomic E-state index is 0.147. The van der Waals surface area contributed by atoms with Crippen LogP contribution < -0.4 is 0 Å². The van der Waals surface area contributed by atoms with Gasteiger partial charge in [0.15, 0.2) is 6.10 Å². The average molecular weight is 863 g/mol. The second kappa shape index (κ2) is 49.4. The number of carbonyl (C=O) groups is 3. The summed E-state index contributed by atoms with van der Waals surface area (Å²) in [5, 5.41) is 0. The zero-order valence-electron chi connectivity index (χ0n) is 39.2. The zero-order chi connectivity index (χ0) is 45.8. The molecule has 0 aliphatic heterocycles. The van der Waals surface area contributed by atoms with Gasteiger partial charge in [-0.15, -0.1) is 0 Å². The predicted molar refractivity (Wildman–Crippen MR) is 269 cm³/mol. The minimum atomic E-state index is -0.858. The van der Waals surface area contributed by atoms with Gasteiger partial charge in [0.1, 0.15) is 13.2 Å². The Labute approximate surface area is 383 Å². The van der Waals surface area contributed by atoms with Crippen molar-refractivity contribution in [1.82, 2.24) is 0 Å². The van der Waals surface area contributed by atoms with Crippen LogP contribution in [0, 0.1) is 0 Å². The highest BCUT2D eigenvalue weighted by molar-refractivity contribution is 5.71. The van der Waals surface area contributed by atoms with Gasteiger partial charge in [-0.3, -0.25) is 14.4 Å². The molecule has 0 radical (unpaired) electrons. The van der Waals surface area contributed by atoms with Crippen molar-refractivity contribution in [3.05, 3.63) is 170 Å². The van der Waals surface area contributed by atoms with Gasteiger partial charge in [-0.25, -0.2) is 0 Å². The number of hydrogen-bond acceptors (Lipinski definition) is 6. The number of hydrogen-bond donors (Lipinski definition) is 0. The van der Waals surface area contributed by atoms with Crippen molar-refractivity contribution in [3.8, 4) is 0 Å². The standard InChI is InChI=1S/C57H82O6/c1-4-7-10-13-16-19-22-25-26-27-28-29-30-33-35-38-41-44-47-50-56(59)62-53-54(63-57(60)51-48-45-42-39-36-32-24-21-18-15-12-9-6-3)52-61-55(58)49-46-43-40-37-34-31-23-20-17-14-11-8-5-2/h7-12,14-21,23-26,28-29,31-32,34,36-37,39-40,42,54H,4-6,13,22,27,30,33,35,38,41,43-53H2,1-3H3/b10-7+,11-8+,12-9+,17-14+,18-15+,19-16+,23-20+,24-21+,26-25+,29-28+,34-31+,36-32+,40-37+,42-39+. The van der Waals surface area contributed by atoms with Crippen LogP contribution in [0.4, 0.5) is 0 Å². The molecule has 0 aliphatic rings. The molecule has 0 spiro atoms. The molecule has 0 fully saturated rings. The third kappa shape index (κ3) is 47.7. The number of unbranched alkanes of at least 4 members (excludes halogenated alkanes) is 8. The SMILES string of the molecule is CC/C=C/C=C/C=C/C=C/C=C/CCCC(=O)OCC(COC(=O)CCCCCCCC/C=C/C/C=C/C/C=C/C/C=C/CC)OC(=O)CCC/C=C/C=C/C=C/C=C/C=C/CC. The molecule has 0 aromatic carbocycles. The van der Waals surface area contributed by atoms with Crippen molar-refractivity contribution in [2.24, 2.45) is 0 Å². The van der Waals surface area contributed by atoms with Gasteiger partial charge in [-0.2, -0.15) is 0 Å². The number of esters is 3. The van der Waals surface area contributed by atoms with E-state index in [-0.39, 0.29) is 38.0 Å². The normalized spacial score (nSPS) is 13.6. The first-order chi connectivity index (χ1) is 31.0. The average Bonchev–Trinajstić information content (AvgIpc) is 3.28. The van der Waals surface area contributed by atoms with Crippen LogP contribution in [0.3, 0.4) is 0 Å². The highest BCUT2D eigenvalue weighted by Gasteiger charge is 2.19. The molecule has 0 saturated carbocycles. The third-order valence-electron chi connectivity index (χ3n) is 8.95. The van der Waals surface area contributed by atoms with E-state index in [1.54, 1.807) is 0 Å². The Balaban J connectivity index is 4.62. The molecule has 0 rings (SSSR count). The summed E-state index contributed by atoms with van der Waals surface area (Å²) in [4.78, 5) is 37.8. The summed E-state index contributed by atoms with van der Waals surface area (Å²) in [7, 11) is 0. The second-order valence-corrected chi connectivity index (χ2v) is 14.8. The number of ether oxygens (including phenoxy) is 3. The highest BCUT2D eigenvalue weighted by Crippen LogP contribution is 2.11. The smallest absolute Gasteiger partial charge is 0.306 e. The summed E-state index contributed by atoms with van der Waals surface area (Å²) in [6.45, 7) is 6.05. The molecule has 0 heterocycles. The van der Waals surface area contributed by atoms with Gasteiger partial charge in [-0.1, -0.05) is 217 Å². The van der Waals surface area contributed by atoms with E-state index in [2.05, 4.69) is 81.5 Å². The third-order valence-corrected chi connectivity index (χ3v) is 8.95. The summed E-state index contributed by atoms with van der Waals surface area (Å²) >= 11 is 0. The second-order valence-electron chi connectivity index (χ2n) is 14.8. The fraction of sp³-hybridized carbons (Fsp3) is 0.456. The molecule has 0 aromatic heterocycles. The molecule has 1 unspecified atom stereocenters. The van der Waals surface area contributed by atoms with E-state index in [0.29, 0.717) is 25.7 Å². The summed E-state index contributed by atoms with van der Waals surface area (Å²) < 4.78 is 16.6. The van der Waals surface area contributed by atoms with Crippen LogP contribution in [-0.2, 0) is 28.6 Å². The van der Waals surface area contributed by atoms with Crippen molar-refractivity contribution < 1.29 is 28.6 Å². The fourth-order valence-electron chi connectivity index (χ4n) is 5.49. The number of allylic oxidation sites excluding steroid dienone is 28. The van der Waals surface area contributed by atoms with Crippen molar-refractivity contribution >= 4 is 17.9 Å². The van der Waals surface area contributed by atoms with Gasteiger partial charge < -0.3 is 14.2 Å². The van der Waals surface area contributed by atoms with E-state index < -0.39 is 12.1 Å². The van der Waals surface area contributed by atoms with E-state index in [4.69, 9.17) is 14.2 Å². The van der Waals surface area contributed by atoms with Crippen LogP contribution in [0.1, 0.15) is 149 Å². The van der Waals surface area contributed by atoms with Crippen LogP contribution in [-0.4, -0.2) is 37.2 Å². The monoisotopic (exact) mass is 863 g/mol. The first kappa shape index (κ1) is 57.8. The van der Waals surface area contributed by atoms with Gasteiger partial charge in [-0.05, 0) is 83.5 Å². The highest BCUT2D eigenvalue weighted by atomic mass is 16.6. The maximum Gasteiger partial charge on any atom is 0.306 e. The van der Waals surface area contributed by atoms with Gasteiger partial charge in [0.2, 0.25) is 0 Å². The van der Waals surface area contributed by atoms with Crippen LogP contribution in [0.15, 0.2) is 170 Å². The maximum absolute atomic E-state index is 12.7. The first-order valence-electron chi connectivity index (χ1n) is 23.8. The van der Waals surface area contributed by atoms with Crippen LogP contribution >= 0.6 is 0 Å². The minimum Gasteiger partial charge on any atom is -0.462 e. The Morgan fingerprint density at radius 3 is 1.13 bits per heavy atom. The number of rotatable bonds is 39. The molecule has 0 amide bonds. The van der Waals surface area contributed by atoms with Crippen molar-refractivity contribution in [2.75, 3.05) is 13.2 Å². The molecule has 0 aliphatic carbocycles. The Morgan fingerprint density at radius 2 is 0.667 bits per heavy atom. The van der Waals surface area contributed by atoms with E-state index >= 15 is 0 Å². The van der Waals surface area contributed by atoms with E-state index in [9.17, 15) is 14.4 Å². The Morgan fingerprint density at radius 1 is 0.333 bits per heavy atom. The van der Waals surface area contributed by atoms with E-state index in [0.717, 1.165) is 77.0 Å². The van der Waals surface area contributed by atoms with E-state index in [1.165, 1.54) is 12.8 Å². The largest absolute Gasteiger partial charge is 0.462 e. The molecule has 0 aromatic rings. The lowest BCUT2D eigenvalue weighted by atomic mass is 10.1. The fourth-order valence-corrected chi connectivity index (χ4v) is 5.49. The van der Waals surface area contributed by atoms with Gasteiger partial charge in [0, 0.05) is 19.3 Å². The molecule has 6 nitrogen and oxygen atoms in total.